The van der Waals surface area contributed by atoms with Crippen LogP contribution in [-0.2, 0) is 19.1 Å². The molecule has 2 aliphatic heterocycles. The minimum Gasteiger partial charge on any atom is -0.469 e. The molecular formula is C20H30F2N2O5. The molecule has 0 aromatic carbocycles. The van der Waals surface area contributed by atoms with E-state index in [0.29, 0.717) is 32.1 Å². The molecule has 0 unspecified atom stereocenters. The molecule has 1 aliphatic carbocycles. The van der Waals surface area contributed by atoms with Crippen molar-refractivity contribution >= 4 is 18.0 Å². The third kappa shape index (κ3) is 4.33. The molecule has 2 atom stereocenters. The van der Waals surface area contributed by atoms with Crippen LogP contribution in [0, 0.1) is 11.8 Å². The normalized spacial score (nSPS) is 31.4. The van der Waals surface area contributed by atoms with Gasteiger partial charge in [-0.1, -0.05) is 0 Å². The Hall–Kier alpha value is -1.93. The fourth-order valence-electron chi connectivity index (χ4n) is 4.79. The predicted molar refractivity (Wildman–Crippen MR) is 99.3 cm³/mol. The number of carbonyl (C=O) groups is 3. The van der Waals surface area contributed by atoms with Crippen molar-refractivity contribution in [1.82, 2.24) is 9.80 Å². The van der Waals surface area contributed by atoms with Crippen molar-refractivity contribution in [3.8, 4) is 0 Å². The topological polar surface area (TPSA) is 76.2 Å². The highest BCUT2D eigenvalue weighted by Gasteiger charge is 2.62. The van der Waals surface area contributed by atoms with Crippen LogP contribution in [0.1, 0.15) is 52.9 Å². The van der Waals surface area contributed by atoms with Gasteiger partial charge in [0.05, 0.1) is 25.6 Å². The molecule has 2 heterocycles. The zero-order valence-electron chi connectivity index (χ0n) is 17.5. The van der Waals surface area contributed by atoms with E-state index in [9.17, 15) is 23.2 Å². The van der Waals surface area contributed by atoms with Gasteiger partial charge in [-0.3, -0.25) is 14.5 Å². The standard InChI is InChI=1S/C20H30F2N2O5/c1-19(2,3)29-18(27)24-11-20(21,22)15-14(24)9-10-23(15)16(25)12-5-7-13(8-6-12)17(26)28-4/h12-15H,5-11H2,1-4H3/t12-,13-,14-,15+/m0/s1. The molecule has 0 aromatic rings. The molecular weight excluding hydrogens is 386 g/mol. The van der Waals surface area contributed by atoms with Crippen molar-refractivity contribution < 1.29 is 32.6 Å². The average Bonchev–Trinajstić information content (AvgIpc) is 3.19. The Morgan fingerprint density at radius 2 is 1.55 bits per heavy atom. The van der Waals surface area contributed by atoms with Crippen LogP contribution in [0.3, 0.4) is 0 Å². The molecule has 29 heavy (non-hydrogen) atoms. The second-order valence-corrected chi connectivity index (χ2v) is 9.27. The number of nitrogens with zero attached hydrogens (tertiary/aromatic N) is 2. The summed E-state index contributed by atoms with van der Waals surface area (Å²) in [4.78, 5) is 39.5. The van der Waals surface area contributed by atoms with E-state index in [1.54, 1.807) is 20.8 Å². The van der Waals surface area contributed by atoms with Gasteiger partial charge in [0.25, 0.3) is 5.92 Å². The fourth-order valence-corrected chi connectivity index (χ4v) is 4.79. The van der Waals surface area contributed by atoms with Crippen LogP contribution in [0.4, 0.5) is 13.6 Å². The first kappa shape index (κ1) is 21.8. The first-order valence-electron chi connectivity index (χ1n) is 10.2. The van der Waals surface area contributed by atoms with Gasteiger partial charge in [-0.25, -0.2) is 13.6 Å². The van der Waals surface area contributed by atoms with Gasteiger partial charge in [0.2, 0.25) is 5.91 Å². The molecule has 0 radical (unpaired) electrons. The molecule has 2 saturated heterocycles. The largest absolute Gasteiger partial charge is 0.469 e. The van der Waals surface area contributed by atoms with Crippen molar-refractivity contribution in [2.24, 2.45) is 11.8 Å². The Balaban J connectivity index is 1.68. The lowest BCUT2D eigenvalue weighted by atomic mass is 9.81. The van der Waals surface area contributed by atoms with Gasteiger partial charge in [0.1, 0.15) is 11.6 Å². The summed E-state index contributed by atoms with van der Waals surface area (Å²) < 4.78 is 39.7. The zero-order chi connectivity index (χ0) is 21.6. The minimum atomic E-state index is -3.18. The molecule has 0 bridgehead atoms. The smallest absolute Gasteiger partial charge is 0.410 e. The van der Waals surface area contributed by atoms with Gasteiger partial charge in [-0.2, -0.15) is 0 Å². The van der Waals surface area contributed by atoms with Crippen LogP contribution < -0.4 is 0 Å². The lowest BCUT2D eigenvalue weighted by Crippen LogP contribution is -2.50. The number of methoxy groups -OCH3 is 1. The zero-order valence-corrected chi connectivity index (χ0v) is 17.5. The number of fused-ring (bicyclic) bond motifs is 1. The lowest BCUT2D eigenvalue weighted by molar-refractivity contribution is -0.150. The number of rotatable bonds is 2. The Morgan fingerprint density at radius 1 is 0.966 bits per heavy atom. The Morgan fingerprint density at radius 3 is 2.10 bits per heavy atom. The summed E-state index contributed by atoms with van der Waals surface area (Å²) in [5, 5.41) is 0. The van der Waals surface area contributed by atoms with E-state index in [2.05, 4.69) is 0 Å². The van der Waals surface area contributed by atoms with Gasteiger partial charge >= 0.3 is 12.1 Å². The maximum atomic E-state index is 14.8. The number of hydrogen-bond donors (Lipinski definition) is 0. The van der Waals surface area contributed by atoms with Crippen LogP contribution in [0.15, 0.2) is 0 Å². The molecule has 7 nitrogen and oxygen atoms in total. The van der Waals surface area contributed by atoms with Crippen LogP contribution in [-0.4, -0.2) is 71.6 Å². The molecule has 0 N–H and O–H groups in total. The average molecular weight is 416 g/mol. The van der Waals surface area contributed by atoms with Crippen molar-refractivity contribution in [2.75, 3.05) is 20.2 Å². The van der Waals surface area contributed by atoms with Crippen LogP contribution in [0.25, 0.3) is 0 Å². The molecule has 9 heteroatoms. The Kier molecular flexibility index (Phi) is 5.80. The van der Waals surface area contributed by atoms with E-state index in [-0.39, 0.29) is 30.3 Å². The quantitative estimate of drug-likeness (QED) is 0.647. The summed E-state index contributed by atoms with van der Waals surface area (Å²) in [6.07, 6.45) is 1.54. The summed E-state index contributed by atoms with van der Waals surface area (Å²) in [5.41, 5.74) is -0.781. The number of esters is 1. The number of hydrogen-bond acceptors (Lipinski definition) is 5. The van der Waals surface area contributed by atoms with Crippen LogP contribution in [0.2, 0.25) is 0 Å². The maximum absolute atomic E-state index is 14.8. The highest BCUT2D eigenvalue weighted by molar-refractivity contribution is 5.81. The molecule has 3 aliphatic rings. The Bertz CT molecular complexity index is 670. The second kappa shape index (κ2) is 7.72. The number of halogens is 2. The third-order valence-electron chi connectivity index (χ3n) is 6.10. The summed E-state index contributed by atoms with van der Waals surface area (Å²) in [5.74, 6) is -4.37. The predicted octanol–water partition coefficient (Wildman–Crippen LogP) is 2.82. The number of ether oxygens (including phenoxy) is 2. The number of amides is 2. The van der Waals surface area contributed by atoms with E-state index < -0.39 is 36.2 Å². The van der Waals surface area contributed by atoms with E-state index in [0.717, 1.165) is 4.90 Å². The van der Waals surface area contributed by atoms with E-state index in [4.69, 9.17) is 9.47 Å². The minimum absolute atomic E-state index is 0.194. The SMILES string of the molecule is COC(=O)[C@H]1CC[C@H](C(=O)N2CC[C@H]3[C@@H]2C(F)(F)CN3C(=O)OC(C)(C)C)CC1. The molecule has 0 spiro atoms. The Labute approximate surface area is 169 Å². The highest BCUT2D eigenvalue weighted by atomic mass is 19.3. The molecule has 0 aromatic heterocycles. The summed E-state index contributed by atoms with van der Waals surface area (Å²) in [6, 6.07) is -2.06. The number of likely N-dealkylation sites (tertiary alicyclic amines) is 2. The lowest BCUT2D eigenvalue weighted by Gasteiger charge is -2.33. The maximum Gasteiger partial charge on any atom is 0.410 e. The van der Waals surface area contributed by atoms with Gasteiger partial charge in [0.15, 0.2) is 0 Å². The van der Waals surface area contributed by atoms with Crippen molar-refractivity contribution in [2.45, 2.75) is 76.5 Å². The van der Waals surface area contributed by atoms with E-state index >= 15 is 0 Å². The highest BCUT2D eigenvalue weighted by Crippen LogP contribution is 2.43. The molecule has 164 valence electrons. The first-order valence-corrected chi connectivity index (χ1v) is 10.2. The van der Waals surface area contributed by atoms with Crippen molar-refractivity contribution in [3.63, 3.8) is 0 Å². The van der Waals surface area contributed by atoms with E-state index in [1.807, 2.05) is 0 Å². The fraction of sp³-hybridized carbons (Fsp3) is 0.850. The van der Waals surface area contributed by atoms with Gasteiger partial charge in [-0.05, 0) is 52.9 Å². The van der Waals surface area contributed by atoms with Gasteiger partial charge in [0, 0.05) is 12.5 Å². The van der Waals surface area contributed by atoms with Gasteiger partial charge in [-0.15, -0.1) is 0 Å². The van der Waals surface area contributed by atoms with Gasteiger partial charge < -0.3 is 14.4 Å². The molecule has 3 fully saturated rings. The summed E-state index contributed by atoms with van der Waals surface area (Å²) >= 11 is 0. The van der Waals surface area contributed by atoms with E-state index in [1.165, 1.54) is 12.0 Å². The first-order chi connectivity index (χ1) is 13.4. The summed E-state index contributed by atoms with van der Waals surface area (Å²) in [6.45, 7) is 4.51. The van der Waals surface area contributed by atoms with Crippen LogP contribution >= 0.6 is 0 Å². The molecule has 2 amide bonds. The van der Waals surface area contributed by atoms with Crippen molar-refractivity contribution in [1.29, 1.82) is 0 Å². The van der Waals surface area contributed by atoms with Crippen molar-refractivity contribution in [3.05, 3.63) is 0 Å². The van der Waals surface area contributed by atoms with Crippen LogP contribution in [0.5, 0.6) is 0 Å². The monoisotopic (exact) mass is 416 g/mol. The molecule has 1 saturated carbocycles. The molecule has 3 rings (SSSR count). The number of carbonyl (C=O) groups excluding carboxylic acids is 3. The third-order valence-corrected chi connectivity index (χ3v) is 6.10. The second-order valence-electron chi connectivity index (χ2n) is 9.27. The number of alkyl halides is 2. The summed E-state index contributed by atoms with van der Waals surface area (Å²) in [7, 11) is 1.34.